The molecule has 2 fully saturated rings. The lowest BCUT2D eigenvalue weighted by molar-refractivity contribution is 0.112. The highest BCUT2D eigenvalue weighted by molar-refractivity contribution is 7.13. The Hall–Kier alpha value is -2.25. The normalized spacial score (nSPS) is 23.1. The third-order valence-electron chi connectivity index (χ3n) is 4.79. The number of nitrogens with zero attached hydrogens (tertiary/aromatic N) is 3. The molecular formula is C17H16N4O2S. The van der Waals surface area contributed by atoms with Gasteiger partial charge in [0.05, 0.1) is 5.56 Å². The molecule has 2 aromatic heterocycles. The van der Waals surface area contributed by atoms with Crippen LogP contribution in [0.1, 0.15) is 23.2 Å². The van der Waals surface area contributed by atoms with Crippen molar-refractivity contribution in [3.05, 3.63) is 29.3 Å². The van der Waals surface area contributed by atoms with Crippen molar-refractivity contribution in [2.45, 2.75) is 24.9 Å². The van der Waals surface area contributed by atoms with Crippen LogP contribution < -0.4 is 10.2 Å². The molecule has 2 bridgehead atoms. The number of anilines is 1. The van der Waals surface area contributed by atoms with E-state index in [-0.39, 0.29) is 0 Å². The Morgan fingerprint density at radius 2 is 2.12 bits per heavy atom. The summed E-state index contributed by atoms with van der Waals surface area (Å²) in [5.74, 6) is 0. The maximum atomic E-state index is 11.3. The van der Waals surface area contributed by atoms with Gasteiger partial charge in [0.2, 0.25) is 0 Å². The van der Waals surface area contributed by atoms with Crippen LogP contribution in [0.2, 0.25) is 0 Å². The van der Waals surface area contributed by atoms with E-state index in [9.17, 15) is 4.79 Å². The van der Waals surface area contributed by atoms with Crippen molar-refractivity contribution >= 4 is 34.7 Å². The van der Waals surface area contributed by atoms with Crippen molar-refractivity contribution in [3.8, 4) is 10.6 Å². The molecule has 6 nitrogen and oxygen atoms in total. The third-order valence-corrected chi connectivity index (χ3v) is 5.59. The Kier molecular flexibility index (Phi) is 3.17. The minimum absolute atomic E-state index is 0.516. The highest BCUT2D eigenvalue weighted by atomic mass is 32.1. The lowest BCUT2D eigenvalue weighted by Gasteiger charge is -2.31. The molecule has 0 aliphatic carbocycles. The standard InChI is InChI=1S/C17H16N4O2S/c22-9-10-5-13(16-18-3-4-24-16)15-14(6-10)20-17(23-15)21-7-11-1-2-12(8-21)19-11/h3-6,9,11-12,19H,1-2,7-8H2. The van der Waals surface area contributed by atoms with E-state index in [1.807, 2.05) is 11.4 Å². The van der Waals surface area contributed by atoms with Crippen LogP contribution in [0.15, 0.2) is 28.1 Å². The molecule has 2 saturated heterocycles. The summed E-state index contributed by atoms with van der Waals surface area (Å²) in [4.78, 5) is 22.5. The zero-order valence-electron chi connectivity index (χ0n) is 12.9. The minimum Gasteiger partial charge on any atom is -0.423 e. The Morgan fingerprint density at radius 3 is 2.83 bits per heavy atom. The minimum atomic E-state index is 0.516. The summed E-state index contributed by atoms with van der Waals surface area (Å²) < 4.78 is 6.12. The van der Waals surface area contributed by atoms with Crippen LogP contribution in [0.4, 0.5) is 6.01 Å². The first kappa shape index (κ1) is 14.1. The molecule has 7 heteroatoms. The number of hydrogen-bond acceptors (Lipinski definition) is 7. The van der Waals surface area contributed by atoms with Crippen LogP contribution in [0, 0.1) is 0 Å². The molecule has 4 heterocycles. The molecule has 1 aromatic carbocycles. The molecule has 122 valence electrons. The topological polar surface area (TPSA) is 71.3 Å². The van der Waals surface area contributed by atoms with E-state index in [0.717, 1.165) is 29.9 Å². The van der Waals surface area contributed by atoms with E-state index < -0.39 is 0 Å². The highest BCUT2D eigenvalue weighted by Crippen LogP contribution is 2.35. The van der Waals surface area contributed by atoms with Gasteiger partial charge in [-0.15, -0.1) is 11.3 Å². The number of benzene rings is 1. The van der Waals surface area contributed by atoms with Gasteiger partial charge in [0.25, 0.3) is 6.01 Å². The third kappa shape index (κ3) is 2.23. The molecule has 2 unspecified atom stereocenters. The van der Waals surface area contributed by atoms with Gasteiger partial charge < -0.3 is 14.6 Å². The fraction of sp³-hybridized carbons (Fsp3) is 0.353. The van der Waals surface area contributed by atoms with E-state index in [1.165, 1.54) is 24.2 Å². The molecule has 0 radical (unpaired) electrons. The van der Waals surface area contributed by atoms with Gasteiger partial charge in [-0.25, -0.2) is 4.98 Å². The van der Waals surface area contributed by atoms with Crippen molar-refractivity contribution in [1.29, 1.82) is 0 Å². The fourth-order valence-electron chi connectivity index (χ4n) is 3.71. The van der Waals surface area contributed by atoms with Crippen molar-refractivity contribution in [2.75, 3.05) is 18.0 Å². The summed E-state index contributed by atoms with van der Waals surface area (Å²) >= 11 is 1.53. The fourth-order valence-corrected chi connectivity index (χ4v) is 4.37. The lowest BCUT2D eigenvalue weighted by atomic mass is 10.1. The zero-order chi connectivity index (χ0) is 16.1. The van der Waals surface area contributed by atoms with Crippen molar-refractivity contribution in [2.24, 2.45) is 0 Å². The van der Waals surface area contributed by atoms with Gasteiger partial charge >= 0.3 is 0 Å². The Bertz CT molecular complexity index is 893. The van der Waals surface area contributed by atoms with Crippen LogP contribution in [0.25, 0.3) is 21.7 Å². The molecule has 2 aliphatic rings. The second kappa shape index (κ2) is 5.39. The quantitative estimate of drug-likeness (QED) is 0.739. The smallest absolute Gasteiger partial charge is 0.298 e. The van der Waals surface area contributed by atoms with Crippen LogP contribution >= 0.6 is 11.3 Å². The second-order valence-corrected chi connectivity index (χ2v) is 7.31. The first-order valence-electron chi connectivity index (χ1n) is 8.11. The molecule has 0 saturated carbocycles. The van der Waals surface area contributed by atoms with Crippen molar-refractivity contribution < 1.29 is 9.21 Å². The van der Waals surface area contributed by atoms with E-state index in [2.05, 4.69) is 20.2 Å². The lowest BCUT2D eigenvalue weighted by Crippen LogP contribution is -2.51. The Morgan fingerprint density at radius 1 is 1.29 bits per heavy atom. The van der Waals surface area contributed by atoms with Crippen LogP contribution in [0.5, 0.6) is 0 Å². The first-order valence-corrected chi connectivity index (χ1v) is 8.99. The molecule has 3 aromatic rings. The molecule has 5 rings (SSSR count). The number of carbonyl (C=O) groups excluding carboxylic acids is 1. The molecular weight excluding hydrogens is 324 g/mol. The van der Waals surface area contributed by atoms with Gasteiger partial charge in [0.15, 0.2) is 5.58 Å². The van der Waals surface area contributed by atoms with Crippen molar-refractivity contribution in [1.82, 2.24) is 15.3 Å². The van der Waals surface area contributed by atoms with Crippen LogP contribution in [0.3, 0.4) is 0 Å². The maximum Gasteiger partial charge on any atom is 0.298 e. The number of oxazole rings is 1. The summed E-state index contributed by atoms with van der Waals surface area (Å²) in [6.07, 6.45) is 5.02. The predicted molar refractivity (Wildman–Crippen MR) is 92.7 cm³/mol. The summed E-state index contributed by atoms with van der Waals surface area (Å²) in [7, 11) is 0. The van der Waals surface area contributed by atoms with Crippen molar-refractivity contribution in [3.63, 3.8) is 0 Å². The largest absolute Gasteiger partial charge is 0.423 e. The zero-order valence-corrected chi connectivity index (χ0v) is 13.8. The highest BCUT2D eigenvalue weighted by Gasteiger charge is 2.34. The van der Waals surface area contributed by atoms with Crippen LogP contribution in [-0.4, -0.2) is 41.4 Å². The molecule has 0 amide bonds. The Labute approximate surface area is 142 Å². The molecule has 0 spiro atoms. The summed E-state index contributed by atoms with van der Waals surface area (Å²) in [6, 6.07) is 5.28. The van der Waals surface area contributed by atoms with Gasteiger partial charge in [-0.05, 0) is 25.0 Å². The number of piperazine rings is 1. The summed E-state index contributed by atoms with van der Waals surface area (Å²) in [5.41, 5.74) is 2.84. The summed E-state index contributed by atoms with van der Waals surface area (Å²) in [5, 5.41) is 6.37. The number of carbonyl (C=O) groups is 1. The van der Waals surface area contributed by atoms with E-state index in [1.54, 1.807) is 12.3 Å². The SMILES string of the molecule is O=Cc1cc(-c2nccs2)c2oc(N3CC4CCC(C3)N4)nc2c1. The second-order valence-electron chi connectivity index (χ2n) is 6.41. The molecule has 1 N–H and O–H groups in total. The van der Waals surface area contributed by atoms with E-state index in [0.29, 0.717) is 34.8 Å². The number of nitrogens with one attached hydrogen (secondary N) is 1. The number of aromatic nitrogens is 2. The van der Waals surface area contributed by atoms with Gasteiger partial charge in [0.1, 0.15) is 16.8 Å². The van der Waals surface area contributed by atoms with Gasteiger partial charge in [0, 0.05) is 42.3 Å². The predicted octanol–water partition coefficient (Wildman–Crippen LogP) is 2.70. The Balaban J connectivity index is 1.62. The molecule has 24 heavy (non-hydrogen) atoms. The average molecular weight is 340 g/mol. The first-order chi connectivity index (χ1) is 11.8. The number of aldehydes is 1. The molecule has 2 aliphatic heterocycles. The summed E-state index contributed by atoms with van der Waals surface area (Å²) in [6.45, 7) is 1.83. The number of thiazole rings is 1. The van der Waals surface area contributed by atoms with Crippen LogP contribution in [-0.2, 0) is 0 Å². The van der Waals surface area contributed by atoms with E-state index in [4.69, 9.17) is 4.42 Å². The maximum absolute atomic E-state index is 11.3. The van der Waals surface area contributed by atoms with E-state index >= 15 is 0 Å². The molecule has 2 atom stereocenters. The monoisotopic (exact) mass is 340 g/mol. The van der Waals surface area contributed by atoms with Gasteiger partial charge in [-0.2, -0.15) is 4.98 Å². The number of fused-ring (bicyclic) bond motifs is 3. The number of rotatable bonds is 3. The average Bonchev–Trinajstić information content (AvgIpc) is 3.33. The van der Waals surface area contributed by atoms with Gasteiger partial charge in [-0.1, -0.05) is 0 Å². The van der Waals surface area contributed by atoms with Gasteiger partial charge in [-0.3, -0.25) is 4.79 Å². The number of hydrogen-bond donors (Lipinski definition) is 1.